The molecule has 0 spiro atoms. The second-order valence-corrected chi connectivity index (χ2v) is 6.37. The molecule has 1 aliphatic carbocycles. The summed E-state index contributed by atoms with van der Waals surface area (Å²) in [5, 5.41) is 0.810. The monoisotopic (exact) mass is 295 g/mol. The Morgan fingerprint density at radius 3 is 2.60 bits per heavy atom. The van der Waals surface area contributed by atoms with Crippen molar-refractivity contribution in [2.45, 2.75) is 64.3 Å². The van der Waals surface area contributed by atoms with Crippen molar-refractivity contribution in [3.05, 3.63) is 28.3 Å². The van der Waals surface area contributed by atoms with Gasteiger partial charge in [0.1, 0.15) is 5.75 Å². The molecule has 1 fully saturated rings. The van der Waals surface area contributed by atoms with Crippen LogP contribution in [0.15, 0.2) is 12.1 Å². The SMILES string of the molecule is CCOc1c(CC(C)N)cc(Cl)cc1C1CCCCC1. The fourth-order valence-corrected chi connectivity index (χ4v) is 3.46. The molecule has 1 aromatic carbocycles. The van der Waals surface area contributed by atoms with Crippen LogP contribution < -0.4 is 10.5 Å². The minimum Gasteiger partial charge on any atom is -0.493 e. The topological polar surface area (TPSA) is 35.2 Å². The second kappa shape index (κ2) is 7.33. The largest absolute Gasteiger partial charge is 0.493 e. The van der Waals surface area contributed by atoms with E-state index in [4.69, 9.17) is 22.1 Å². The Balaban J connectivity index is 2.38. The van der Waals surface area contributed by atoms with Gasteiger partial charge in [-0.05, 0) is 62.3 Å². The third kappa shape index (κ3) is 3.89. The van der Waals surface area contributed by atoms with Gasteiger partial charge in [0.25, 0.3) is 0 Å². The molecule has 2 nitrogen and oxygen atoms in total. The van der Waals surface area contributed by atoms with Gasteiger partial charge in [0.2, 0.25) is 0 Å². The summed E-state index contributed by atoms with van der Waals surface area (Å²) >= 11 is 6.33. The lowest BCUT2D eigenvalue weighted by Crippen LogP contribution is -2.19. The van der Waals surface area contributed by atoms with Crippen LogP contribution in [-0.4, -0.2) is 12.6 Å². The van der Waals surface area contributed by atoms with Crippen LogP contribution >= 0.6 is 11.6 Å². The molecule has 0 heterocycles. The van der Waals surface area contributed by atoms with Gasteiger partial charge in [-0.15, -0.1) is 0 Å². The Morgan fingerprint density at radius 1 is 1.30 bits per heavy atom. The summed E-state index contributed by atoms with van der Waals surface area (Å²) in [7, 11) is 0. The number of ether oxygens (including phenoxy) is 1. The van der Waals surface area contributed by atoms with Crippen molar-refractivity contribution in [1.82, 2.24) is 0 Å². The first-order valence-electron chi connectivity index (χ1n) is 7.82. The van der Waals surface area contributed by atoms with E-state index < -0.39 is 0 Å². The second-order valence-electron chi connectivity index (χ2n) is 5.93. The first-order valence-corrected chi connectivity index (χ1v) is 8.20. The molecule has 0 saturated heterocycles. The molecular formula is C17H26ClNO. The van der Waals surface area contributed by atoms with Crippen LogP contribution in [0.4, 0.5) is 0 Å². The highest BCUT2D eigenvalue weighted by molar-refractivity contribution is 6.30. The van der Waals surface area contributed by atoms with E-state index >= 15 is 0 Å². The van der Waals surface area contributed by atoms with E-state index in [1.54, 1.807) is 0 Å². The quantitative estimate of drug-likeness (QED) is 0.856. The Kier molecular flexibility index (Phi) is 5.74. The Morgan fingerprint density at radius 2 is 2.00 bits per heavy atom. The molecule has 1 aliphatic rings. The predicted octanol–water partition coefficient (Wildman–Crippen LogP) is 4.68. The smallest absolute Gasteiger partial charge is 0.126 e. The molecular weight excluding hydrogens is 270 g/mol. The summed E-state index contributed by atoms with van der Waals surface area (Å²) in [5.74, 6) is 1.64. The highest BCUT2D eigenvalue weighted by atomic mass is 35.5. The van der Waals surface area contributed by atoms with E-state index in [2.05, 4.69) is 6.07 Å². The average molecular weight is 296 g/mol. The third-order valence-corrected chi connectivity index (χ3v) is 4.25. The van der Waals surface area contributed by atoms with E-state index in [9.17, 15) is 0 Å². The fourth-order valence-electron chi connectivity index (χ4n) is 3.21. The van der Waals surface area contributed by atoms with Gasteiger partial charge in [-0.25, -0.2) is 0 Å². The maximum atomic E-state index is 6.33. The molecule has 1 atom stereocenters. The molecule has 20 heavy (non-hydrogen) atoms. The van der Waals surface area contributed by atoms with Gasteiger partial charge in [0.15, 0.2) is 0 Å². The van der Waals surface area contributed by atoms with Gasteiger partial charge in [-0.1, -0.05) is 30.9 Å². The highest BCUT2D eigenvalue weighted by Gasteiger charge is 2.22. The number of halogens is 1. The van der Waals surface area contributed by atoms with Crippen molar-refractivity contribution in [2.75, 3.05) is 6.61 Å². The van der Waals surface area contributed by atoms with Crippen LogP contribution in [-0.2, 0) is 6.42 Å². The molecule has 2 N–H and O–H groups in total. The zero-order valence-electron chi connectivity index (χ0n) is 12.6. The Labute approximate surface area is 127 Å². The molecule has 1 aromatic rings. The lowest BCUT2D eigenvalue weighted by atomic mass is 9.82. The van der Waals surface area contributed by atoms with Gasteiger partial charge in [0, 0.05) is 11.1 Å². The van der Waals surface area contributed by atoms with Gasteiger partial charge in [-0.3, -0.25) is 0 Å². The minimum absolute atomic E-state index is 0.117. The highest BCUT2D eigenvalue weighted by Crippen LogP contribution is 2.41. The van der Waals surface area contributed by atoms with E-state index in [0.29, 0.717) is 12.5 Å². The van der Waals surface area contributed by atoms with E-state index in [0.717, 1.165) is 22.8 Å². The van der Waals surface area contributed by atoms with Crippen molar-refractivity contribution in [1.29, 1.82) is 0 Å². The maximum Gasteiger partial charge on any atom is 0.126 e. The van der Waals surface area contributed by atoms with Crippen LogP contribution in [0.5, 0.6) is 5.75 Å². The van der Waals surface area contributed by atoms with Crippen molar-refractivity contribution >= 4 is 11.6 Å². The standard InChI is InChI=1S/C17H26ClNO/c1-3-20-17-14(9-12(2)19)10-15(18)11-16(17)13-7-5-4-6-8-13/h10-13H,3-9,19H2,1-2H3. The van der Waals surface area contributed by atoms with Gasteiger partial charge < -0.3 is 10.5 Å². The van der Waals surface area contributed by atoms with Crippen molar-refractivity contribution in [2.24, 2.45) is 5.73 Å². The fraction of sp³-hybridized carbons (Fsp3) is 0.647. The minimum atomic E-state index is 0.117. The van der Waals surface area contributed by atoms with E-state index in [1.807, 2.05) is 19.9 Å². The number of rotatable bonds is 5. The molecule has 0 aliphatic heterocycles. The van der Waals surface area contributed by atoms with E-state index in [-0.39, 0.29) is 6.04 Å². The average Bonchev–Trinajstić information content (AvgIpc) is 2.42. The van der Waals surface area contributed by atoms with Crippen molar-refractivity contribution < 1.29 is 4.74 Å². The zero-order valence-corrected chi connectivity index (χ0v) is 13.4. The molecule has 2 rings (SSSR count). The third-order valence-electron chi connectivity index (χ3n) is 4.03. The summed E-state index contributed by atoms with van der Waals surface area (Å²) in [6.45, 7) is 4.75. The van der Waals surface area contributed by atoms with Crippen molar-refractivity contribution in [3.63, 3.8) is 0 Å². The number of nitrogens with two attached hydrogens (primary N) is 1. The van der Waals surface area contributed by atoms with Crippen LogP contribution in [0, 0.1) is 0 Å². The molecule has 112 valence electrons. The van der Waals surface area contributed by atoms with Gasteiger partial charge in [-0.2, -0.15) is 0 Å². The number of hydrogen-bond acceptors (Lipinski definition) is 2. The molecule has 1 saturated carbocycles. The van der Waals surface area contributed by atoms with Crippen LogP contribution in [0.3, 0.4) is 0 Å². The summed E-state index contributed by atoms with van der Waals surface area (Å²) in [5.41, 5.74) is 8.43. The normalized spacial score (nSPS) is 18.0. The molecule has 0 bridgehead atoms. The predicted molar refractivity (Wildman–Crippen MR) is 85.8 cm³/mol. The summed E-state index contributed by atoms with van der Waals surface area (Å²) in [6.07, 6.45) is 7.29. The van der Waals surface area contributed by atoms with Crippen LogP contribution in [0.2, 0.25) is 5.02 Å². The van der Waals surface area contributed by atoms with E-state index in [1.165, 1.54) is 37.7 Å². The molecule has 0 radical (unpaired) electrons. The Bertz CT molecular complexity index is 439. The van der Waals surface area contributed by atoms with Crippen LogP contribution in [0.1, 0.15) is 63.0 Å². The summed E-state index contributed by atoms with van der Waals surface area (Å²) in [4.78, 5) is 0. The van der Waals surface area contributed by atoms with Gasteiger partial charge >= 0.3 is 0 Å². The molecule has 0 amide bonds. The molecule has 3 heteroatoms. The summed E-state index contributed by atoms with van der Waals surface area (Å²) in [6, 6.07) is 4.24. The lowest BCUT2D eigenvalue weighted by molar-refractivity contribution is 0.324. The number of benzene rings is 1. The Hall–Kier alpha value is -0.730. The maximum absolute atomic E-state index is 6.33. The van der Waals surface area contributed by atoms with Crippen LogP contribution in [0.25, 0.3) is 0 Å². The first kappa shape index (κ1) is 15.7. The first-order chi connectivity index (χ1) is 9.61. The summed E-state index contributed by atoms with van der Waals surface area (Å²) < 4.78 is 5.96. The molecule has 0 aromatic heterocycles. The number of hydrogen-bond donors (Lipinski definition) is 1. The lowest BCUT2D eigenvalue weighted by Gasteiger charge is -2.26. The van der Waals surface area contributed by atoms with Gasteiger partial charge in [0.05, 0.1) is 6.61 Å². The van der Waals surface area contributed by atoms with Crippen molar-refractivity contribution in [3.8, 4) is 5.75 Å². The molecule has 1 unspecified atom stereocenters. The zero-order chi connectivity index (χ0) is 14.5.